The Balaban J connectivity index is 2.85. The summed E-state index contributed by atoms with van der Waals surface area (Å²) in [6.07, 6.45) is 6.46. The van der Waals surface area contributed by atoms with Crippen molar-refractivity contribution in [3.8, 4) is 0 Å². The number of aromatic nitrogens is 1. The van der Waals surface area contributed by atoms with E-state index in [1.165, 1.54) is 10.6 Å². The average Bonchev–Trinajstić information content (AvgIpc) is 2.22. The molecule has 0 fully saturated rings. The van der Waals surface area contributed by atoms with Crippen LogP contribution >= 0.6 is 0 Å². The topological polar surface area (TPSA) is 15.8 Å². The third-order valence-electron chi connectivity index (χ3n) is 1.68. The molecule has 1 heteroatoms. The summed E-state index contributed by atoms with van der Waals surface area (Å²) in [6.45, 7) is 2.19. The first-order valence-electron chi connectivity index (χ1n) is 3.23. The number of nitrogens with one attached hydrogen (secondary N) is 1. The van der Waals surface area contributed by atoms with E-state index in [-0.39, 0.29) is 0 Å². The number of H-pyrrole nitrogens is 1. The van der Waals surface area contributed by atoms with Crippen LogP contribution in [0.25, 0.3) is 12.2 Å². The molecular formula is C8H9N. The van der Waals surface area contributed by atoms with Crippen LogP contribution in [0.2, 0.25) is 0 Å². The van der Waals surface area contributed by atoms with Crippen LogP contribution in [0.4, 0.5) is 0 Å². The van der Waals surface area contributed by atoms with Gasteiger partial charge in [0.05, 0.1) is 0 Å². The van der Waals surface area contributed by atoms with E-state index in [9.17, 15) is 0 Å². The average molecular weight is 119 g/mol. The third kappa shape index (κ3) is 0.611. The lowest BCUT2D eigenvalue weighted by Crippen LogP contribution is -2.17. The van der Waals surface area contributed by atoms with E-state index < -0.39 is 0 Å². The van der Waals surface area contributed by atoms with Gasteiger partial charge in [-0.3, -0.25) is 0 Å². The molecule has 0 bridgehead atoms. The van der Waals surface area contributed by atoms with Gasteiger partial charge in [-0.15, -0.1) is 0 Å². The maximum absolute atomic E-state index is 3.16. The Bertz CT molecular complexity index is 288. The van der Waals surface area contributed by atoms with E-state index in [4.69, 9.17) is 0 Å². The molecule has 1 aromatic heterocycles. The van der Waals surface area contributed by atoms with E-state index in [0.717, 1.165) is 0 Å². The maximum atomic E-state index is 3.16. The van der Waals surface area contributed by atoms with Crippen molar-refractivity contribution in [3.05, 3.63) is 22.8 Å². The highest BCUT2D eigenvalue weighted by molar-refractivity contribution is 5.47. The van der Waals surface area contributed by atoms with Crippen LogP contribution in [0.3, 0.4) is 0 Å². The Morgan fingerprint density at radius 1 is 1.44 bits per heavy atom. The van der Waals surface area contributed by atoms with Gasteiger partial charge in [0.15, 0.2) is 0 Å². The number of rotatable bonds is 0. The molecule has 1 heterocycles. The van der Waals surface area contributed by atoms with Gasteiger partial charge in [0.1, 0.15) is 0 Å². The summed E-state index contributed by atoms with van der Waals surface area (Å²) in [5, 5.41) is 2.63. The van der Waals surface area contributed by atoms with Crippen molar-refractivity contribution in [2.75, 3.05) is 0 Å². The van der Waals surface area contributed by atoms with E-state index in [1.807, 2.05) is 6.20 Å². The van der Waals surface area contributed by atoms with E-state index in [2.05, 4.69) is 30.1 Å². The van der Waals surface area contributed by atoms with Crippen molar-refractivity contribution < 1.29 is 0 Å². The number of hydrogen-bond acceptors (Lipinski definition) is 0. The predicted octanol–water partition coefficient (Wildman–Crippen LogP) is 0.225. The highest BCUT2D eigenvalue weighted by atomic mass is 14.6. The standard InChI is InChI=1S/C8H9N/c1-6-4-7-2-3-9-8(7)5-6/h2-6,9H,1H3. The van der Waals surface area contributed by atoms with Crippen molar-refractivity contribution >= 4 is 12.2 Å². The molecule has 1 atom stereocenters. The summed E-state index contributed by atoms with van der Waals surface area (Å²) < 4.78 is 0. The molecule has 0 amide bonds. The van der Waals surface area contributed by atoms with Crippen molar-refractivity contribution in [2.24, 2.45) is 5.92 Å². The summed E-state index contributed by atoms with van der Waals surface area (Å²) in [6, 6.07) is 2.11. The van der Waals surface area contributed by atoms with Crippen LogP contribution in [-0.4, -0.2) is 4.98 Å². The summed E-state index contributed by atoms with van der Waals surface area (Å²) >= 11 is 0. The van der Waals surface area contributed by atoms with Gasteiger partial charge >= 0.3 is 0 Å². The first kappa shape index (κ1) is 4.86. The number of aromatic amines is 1. The zero-order valence-electron chi connectivity index (χ0n) is 5.39. The van der Waals surface area contributed by atoms with Crippen molar-refractivity contribution in [3.63, 3.8) is 0 Å². The second kappa shape index (κ2) is 1.50. The molecule has 0 saturated heterocycles. The lowest BCUT2D eigenvalue weighted by molar-refractivity contribution is 1.07. The van der Waals surface area contributed by atoms with Crippen molar-refractivity contribution in [1.29, 1.82) is 0 Å². The molecule has 1 aliphatic carbocycles. The Morgan fingerprint density at radius 2 is 2.33 bits per heavy atom. The SMILES string of the molecule is CC1C=c2cc[nH]c2=C1. The molecule has 46 valence electrons. The Morgan fingerprint density at radius 3 is 3.11 bits per heavy atom. The first-order chi connectivity index (χ1) is 4.36. The predicted molar refractivity (Wildman–Crippen MR) is 38.1 cm³/mol. The van der Waals surface area contributed by atoms with Gasteiger partial charge in [-0.1, -0.05) is 19.1 Å². The van der Waals surface area contributed by atoms with Crippen LogP contribution in [0, 0.1) is 5.92 Å². The molecule has 9 heavy (non-hydrogen) atoms. The molecule has 0 aliphatic heterocycles. The minimum Gasteiger partial charge on any atom is -0.361 e. The highest BCUT2D eigenvalue weighted by Crippen LogP contribution is 1.99. The molecule has 0 radical (unpaired) electrons. The lowest BCUT2D eigenvalue weighted by atomic mass is 10.2. The molecule has 1 N–H and O–H groups in total. The Kier molecular flexibility index (Phi) is 0.810. The fourth-order valence-corrected chi connectivity index (χ4v) is 1.28. The van der Waals surface area contributed by atoms with Gasteiger partial charge in [0, 0.05) is 11.5 Å². The van der Waals surface area contributed by atoms with E-state index >= 15 is 0 Å². The Labute approximate surface area is 53.7 Å². The fourth-order valence-electron chi connectivity index (χ4n) is 1.28. The molecule has 0 spiro atoms. The van der Waals surface area contributed by atoms with Crippen LogP contribution in [0.1, 0.15) is 6.92 Å². The third-order valence-corrected chi connectivity index (χ3v) is 1.68. The van der Waals surface area contributed by atoms with Crippen LogP contribution in [0.5, 0.6) is 0 Å². The summed E-state index contributed by atoms with van der Waals surface area (Å²) in [7, 11) is 0. The molecule has 1 aliphatic rings. The largest absolute Gasteiger partial charge is 0.361 e. The number of hydrogen-bond donors (Lipinski definition) is 1. The van der Waals surface area contributed by atoms with E-state index in [1.54, 1.807) is 0 Å². The molecule has 2 rings (SSSR count). The van der Waals surface area contributed by atoms with Gasteiger partial charge in [0.2, 0.25) is 0 Å². The second-order valence-electron chi connectivity index (χ2n) is 2.54. The van der Waals surface area contributed by atoms with Crippen molar-refractivity contribution in [1.82, 2.24) is 4.98 Å². The summed E-state index contributed by atoms with van der Waals surface area (Å²) in [4.78, 5) is 3.16. The lowest BCUT2D eigenvalue weighted by Gasteiger charge is -1.86. The second-order valence-corrected chi connectivity index (χ2v) is 2.54. The molecule has 1 aromatic rings. The molecule has 0 aromatic carbocycles. The van der Waals surface area contributed by atoms with Gasteiger partial charge in [-0.05, 0) is 17.2 Å². The van der Waals surface area contributed by atoms with Gasteiger partial charge in [-0.2, -0.15) is 0 Å². The monoisotopic (exact) mass is 119 g/mol. The van der Waals surface area contributed by atoms with Gasteiger partial charge < -0.3 is 4.98 Å². The number of fused-ring (bicyclic) bond motifs is 1. The zero-order valence-corrected chi connectivity index (χ0v) is 5.39. The summed E-state index contributed by atoms with van der Waals surface area (Å²) in [5.41, 5.74) is 0. The molecule has 1 nitrogen and oxygen atoms in total. The van der Waals surface area contributed by atoms with Crippen LogP contribution in [0.15, 0.2) is 12.3 Å². The van der Waals surface area contributed by atoms with Gasteiger partial charge in [0.25, 0.3) is 0 Å². The quantitative estimate of drug-likeness (QED) is 0.503. The van der Waals surface area contributed by atoms with Gasteiger partial charge in [-0.25, -0.2) is 0 Å². The highest BCUT2D eigenvalue weighted by Gasteiger charge is 1.99. The van der Waals surface area contributed by atoms with E-state index in [0.29, 0.717) is 5.92 Å². The zero-order chi connectivity index (χ0) is 6.27. The Hall–Kier alpha value is -0.980. The van der Waals surface area contributed by atoms with Crippen LogP contribution < -0.4 is 10.6 Å². The smallest absolute Gasteiger partial charge is 0.0416 e. The minimum absolute atomic E-state index is 0.618. The maximum Gasteiger partial charge on any atom is 0.0416 e. The molecule has 0 saturated carbocycles. The first-order valence-corrected chi connectivity index (χ1v) is 3.23. The molecule has 1 unspecified atom stereocenters. The minimum atomic E-state index is 0.618. The molecular weight excluding hydrogens is 110 g/mol. The summed E-state index contributed by atoms with van der Waals surface area (Å²) in [5.74, 6) is 0.618. The fraction of sp³-hybridized carbons (Fsp3) is 0.250. The van der Waals surface area contributed by atoms with Crippen molar-refractivity contribution in [2.45, 2.75) is 6.92 Å². The van der Waals surface area contributed by atoms with Crippen LogP contribution in [-0.2, 0) is 0 Å². The normalized spacial score (nSPS) is 22.6.